The normalized spacial score (nSPS) is 20.6. The fraction of sp³-hybridized carbons (Fsp3) is 0.872. The first-order valence-corrected chi connectivity index (χ1v) is 19.4. The van der Waals surface area contributed by atoms with Crippen LogP contribution in [0.2, 0.25) is 0 Å². The maximum atomic E-state index is 12.7. The highest BCUT2D eigenvalue weighted by atomic mass is 16.6. The lowest BCUT2D eigenvalue weighted by Crippen LogP contribution is -2.28. The maximum Gasteiger partial charge on any atom is 0.306 e. The van der Waals surface area contributed by atoms with Crippen molar-refractivity contribution < 1.29 is 44.3 Å². The van der Waals surface area contributed by atoms with Crippen molar-refractivity contribution in [2.75, 3.05) is 13.2 Å². The topological polar surface area (TPSA) is 151 Å². The Morgan fingerprint density at radius 2 is 1.23 bits per heavy atom. The van der Waals surface area contributed by atoms with Crippen molar-refractivity contribution in [2.45, 2.75) is 192 Å². The predicted octanol–water partition coefficient (Wildman–Crippen LogP) is 7.29. The minimum absolute atomic E-state index is 0.0424. The van der Waals surface area contributed by atoms with E-state index in [1.54, 1.807) is 12.2 Å². The Bertz CT molecular complexity index is 860. The molecule has 1 aliphatic rings. The smallest absolute Gasteiger partial charge is 0.306 e. The standard InChI is InChI=1S/C39H70O9/c1-3-5-7-8-9-10-11-12-13-14-15-16-18-24-39(46)48-33(29-40)30-47-38(45)23-20-19-22-32(42)27-35-34(36(43)28-37(35)44)26-25-31(41)21-17-6-4-2/h25-26,31,33-37,40-41,43-44H,3-24,27-30H2,1-2H3/b26-25+/t31-,33-,34+,35+,36+,37-/m0/s1. The second-order valence-electron chi connectivity index (χ2n) is 14.0. The summed E-state index contributed by atoms with van der Waals surface area (Å²) in [5.74, 6) is -1.71. The van der Waals surface area contributed by atoms with Gasteiger partial charge in [0.2, 0.25) is 0 Å². The van der Waals surface area contributed by atoms with E-state index in [1.165, 1.54) is 64.2 Å². The molecule has 9 heteroatoms. The Hall–Kier alpha value is -1.81. The monoisotopic (exact) mass is 683 g/mol. The molecule has 6 atom stereocenters. The first-order valence-electron chi connectivity index (χ1n) is 19.4. The Morgan fingerprint density at radius 3 is 1.83 bits per heavy atom. The van der Waals surface area contributed by atoms with E-state index in [-0.39, 0.29) is 50.4 Å². The number of ketones is 1. The number of hydrogen-bond acceptors (Lipinski definition) is 9. The highest BCUT2D eigenvalue weighted by Gasteiger charge is 2.41. The van der Waals surface area contributed by atoms with E-state index in [4.69, 9.17) is 9.47 Å². The summed E-state index contributed by atoms with van der Waals surface area (Å²) < 4.78 is 10.5. The molecule has 0 spiro atoms. The lowest BCUT2D eigenvalue weighted by molar-refractivity contribution is -0.161. The predicted molar refractivity (Wildman–Crippen MR) is 189 cm³/mol. The number of hydrogen-bond donors (Lipinski definition) is 4. The van der Waals surface area contributed by atoms with Gasteiger partial charge in [0, 0.05) is 43.9 Å². The van der Waals surface area contributed by atoms with Crippen LogP contribution >= 0.6 is 0 Å². The Labute approximate surface area is 291 Å². The summed E-state index contributed by atoms with van der Waals surface area (Å²) in [6.07, 6.45) is 21.9. The average Bonchev–Trinajstić information content (AvgIpc) is 3.33. The van der Waals surface area contributed by atoms with E-state index < -0.39 is 48.9 Å². The van der Waals surface area contributed by atoms with Crippen LogP contribution in [0.25, 0.3) is 0 Å². The Morgan fingerprint density at radius 1 is 0.708 bits per heavy atom. The molecule has 1 aliphatic carbocycles. The Kier molecular flexibility index (Phi) is 26.7. The molecule has 1 rings (SSSR count). The Balaban J connectivity index is 2.16. The second kappa shape index (κ2) is 29.0. The van der Waals surface area contributed by atoms with Gasteiger partial charge in [0.15, 0.2) is 6.10 Å². The molecule has 280 valence electrons. The van der Waals surface area contributed by atoms with Crippen LogP contribution in [0.1, 0.15) is 168 Å². The van der Waals surface area contributed by atoms with E-state index in [0.717, 1.165) is 38.5 Å². The van der Waals surface area contributed by atoms with Gasteiger partial charge in [-0.25, -0.2) is 0 Å². The van der Waals surface area contributed by atoms with Gasteiger partial charge in [0.25, 0.3) is 0 Å². The number of aliphatic hydroxyl groups is 4. The van der Waals surface area contributed by atoms with Crippen molar-refractivity contribution in [2.24, 2.45) is 11.8 Å². The highest BCUT2D eigenvalue weighted by Crippen LogP contribution is 2.36. The number of carbonyl (C=O) groups excluding carboxylic acids is 3. The zero-order valence-corrected chi connectivity index (χ0v) is 30.3. The number of Topliss-reactive ketones (excluding diaryl/α,β-unsaturated/α-hetero) is 1. The second-order valence-corrected chi connectivity index (χ2v) is 14.0. The van der Waals surface area contributed by atoms with Gasteiger partial charge in [-0.2, -0.15) is 0 Å². The summed E-state index contributed by atoms with van der Waals surface area (Å²) in [4.78, 5) is 37.0. The van der Waals surface area contributed by atoms with Gasteiger partial charge in [0.1, 0.15) is 12.4 Å². The van der Waals surface area contributed by atoms with E-state index in [9.17, 15) is 34.8 Å². The lowest BCUT2D eigenvalue weighted by Gasteiger charge is -2.20. The molecule has 4 N–H and O–H groups in total. The van der Waals surface area contributed by atoms with Crippen molar-refractivity contribution >= 4 is 17.7 Å². The molecule has 0 aromatic carbocycles. The van der Waals surface area contributed by atoms with Crippen LogP contribution in [0.4, 0.5) is 0 Å². The van der Waals surface area contributed by atoms with Gasteiger partial charge in [-0.05, 0) is 25.7 Å². The molecule has 0 amide bonds. The van der Waals surface area contributed by atoms with Gasteiger partial charge in [-0.3, -0.25) is 14.4 Å². The minimum atomic E-state index is -0.891. The molecule has 0 aliphatic heterocycles. The van der Waals surface area contributed by atoms with Crippen molar-refractivity contribution in [1.82, 2.24) is 0 Å². The molecule has 0 heterocycles. The summed E-state index contributed by atoms with van der Waals surface area (Å²) in [5, 5.41) is 40.6. The van der Waals surface area contributed by atoms with Crippen molar-refractivity contribution in [3.63, 3.8) is 0 Å². The molecule has 0 unspecified atom stereocenters. The van der Waals surface area contributed by atoms with Crippen LogP contribution in [0.15, 0.2) is 12.2 Å². The molecule has 0 aromatic heterocycles. The summed E-state index contributed by atoms with van der Waals surface area (Å²) in [7, 11) is 0. The molecule has 0 bridgehead atoms. The fourth-order valence-electron chi connectivity index (χ4n) is 6.49. The third kappa shape index (κ3) is 22.0. The number of aliphatic hydroxyl groups excluding tert-OH is 4. The summed E-state index contributed by atoms with van der Waals surface area (Å²) in [5.41, 5.74) is 0. The van der Waals surface area contributed by atoms with E-state index in [0.29, 0.717) is 19.3 Å². The molecular weight excluding hydrogens is 612 g/mol. The van der Waals surface area contributed by atoms with Crippen molar-refractivity contribution in [1.29, 1.82) is 0 Å². The molecule has 0 saturated heterocycles. The lowest BCUT2D eigenvalue weighted by atomic mass is 9.87. The molecule has 0 aromatic rings. The summed E-state index contributed by atoms with van der Waals surface area (Å²) in [6.45, 7) is 3.71. The van der Waals surface area contributed by atoms with Gasteiger partial charge < -0.3 is 29.9 Å². The molecule has 9 nitrogen and oxygen atoms in total. The molecule has 48 heavy (non-hydrogen) atoms. The average molecular weight is 683 g/mol. The molecule has 0 radical (unpaired) electrons. The number of carbonyl (C=O) groups is 3. The van der Waals surface area contributed by atoms with Crippen LogP contribution in [0, 0.1) is 11.8 Å². The number of ether oxygens (including phenoxy) is 2. The van der Waals surface area contributed by atoms with E-state index in [2.05, 4.69) is 13.8 Å². The largest absolute Gasteiger partial charge is 0.462 e. The van der Waals surface area contributed by atoms with Crippen LogP contribution in [0.3, 0.4) is 0 Å². The number of esters is 2. The molecule has 1 fully saturated rings. The van der Waals surface area contributed by atoms with Crippen LogP contribution in [-0.4, -0.2) is 75.8 Å². The van der Waals surface area contributed by atoms with Crippen LogP contribution in [0.5, 0.6) is 0 Å². The third-order valence-corrected chi connectivity index (χ3v) is 9.54. The highest BCUT2D eigenvalue weighted by molar-refractivity contribution is 5.79. The minimum Gasteiger partial charge on any atom is -0.462 e. The first kappa shape index (κ1) is 44.2. The SMILES string of the molecule is CCCCCCCCCCCCCCCC(=O)O[C@@H](CO)COC(=O)CCCCC(=O)C[C@@H]1[C@@H](/C=C/[C@@H](O)CCCCC)[C@H](O)C[C@@H]1O. The number of rotatable bonds is 31. The van der Waals surface area contributed by atoms with Crippen LogP contribution in [-0.2, 0) is 23.9 Å². The zero-order valence-electron chi connectivity index (χ0n) is 30.3. The maximum absolute atomic E-state index is 12.7. The van der Waals surface area contributed by atoms with E-state index >= 15 is 0 Å². The zero-order chi connectivity index (χ0) is 35.4. The molecule has 1 saturated carbocycles. The molecular formula is C39H70O9. The summed E-state index contributed by atoms with van der Waals surface area (Å²) in [6, 6.07) is 0. The van der Waals surface area contributed by atoms with Crippen molar-refractivity contribution in [3.05, 3.63) is 12.2 Å². The van der Waals surface area contributed by atoms with Gasteiger partial charge >= 0.3 is 11.9 Å². The summed E-state index contributed by atoms with van der Waals surface area (Å²) >= 11 is 0. The number of unbranched alkanes of at least 4 members (excludes halogenated alkanes) is 15. The third-order valence-electron chi connectivity index (χ3n) is 9.54. The van der Waals surface area contributed by atoms with Gasteiger partial charge in [-0.1, -0.05) is 122 Å². The first-order chi connectivity index (χ1) is 23.2. The van der Waals surface area contributed by atoms with Crippen molar-refractivity contribution in [3.8, 4) is 0 Å². The fourth-order valence-corrected chi connectivity index (χ4v) is 6.49. The van der Waals surface area contributed by atoms with Gasteiger partial charge in [0.05, 0.1) is 24.9 Å². The van der Waals surface area contributed by atoms with E-state index in [1.807, 2.05) is 0 Å². The quantitative estimate of drug-likeness (QED) is 0.0336. The van der Waals surface area contributed by atoms with Crippen LogP contribution < -0.4 is 0 Å². The van der Waals surface area contributed by atoms with Gasteiger partial charge in [-0.15, -0.1) is 0 Å².